The molecule has 1 heterocycles. The summed E-state index contributed by atoms with van der Waals surface area (Å²) >= 11 is 0. The predicted molar refractivity (Wildman–Crippen MR) is 68.0 cm³/mol. The van der Waals surface area contributed by atoms with Gasteiger partial charge in [-0.1, -0.05) is 26.0 Å². The SMILES string of the molecule is C=C(C)[C@]12O[C@H]1[C@@]1(C)C(=CC2=O)CC[C@H](O)[C@@H]1C. The minimum absolute atomic E-state index is 0.0380. The third-order valence-electron chi connectivity index (χ3n) is 5.39. The second-order valence-electron chi connectivity index (χ2n) is 6.23. The molecule has 3 rings (SSSR count). The first kappa shape index (κ1) is 12.1. The molecule has 2 fully saturated rings. The van der Waals surface area contributed by atoms with Crippen LogP contribution in [0.2, 0.25) is 0 Å². The molecule has 1 aliphatic heterocycles. The lowest BCUT2D eigenvalue weighted by Gasteiger charge is -2.46. The highest BCUT2D eigenvalue weighted by Gasteiger charge is 2.73. The predicted octanol–water partition coefficient (Wildman–Crippen LogP) is 2.01. The number of hydrogen-bond acceptors (Lipinski definition) is 3. The van der Waals surface area contributed by atoms with Crippen LogP contribution in [-0.4, -0.2) is 28.7 Å². The van der Waals surface area contributed by atoms with Crippen LogP contribution in [-0.2, 0) is 9.53 Å². The van der Waals surface area contributed by atoms with Gasteiger partial charge in [0.15, 0.2) is 11.4 Å². The van der Waals surface area contributed by atoms with Gasteiger partial charge in [0.1, 0.15) is 6.10 Å². The van der Waals surface area contributed by atoms with E-state index in [1.807, 2.05) is 6.92 Å². The Morgan fingerprint density at radius 1 is 1.61 bits per heavy atom. The van der Waals surface area contributed by atoms with Gasteiger partial charge in [-0.3, -0.25) is 4.79 Å². The highest BCUT2D eigenvalue weighted by atomic mass is 16.6. The summed E-state index contributed by atoms with van der Waals surface area (Å²) < 4.78 is 5.82. The monoisotopic (exact) mass is 248 g/mol. The third kappa shape index (κ3) is 1.14. The second kappa shape index (κ2) is 3.34. The van der Waals surface area contributed by atoms with Crippen molar-refractivity contribution in [2.45, 2.75) is 51.4 Å². The molecule has 0 spiro atoms. The Labute approximate surface area is 108 Å². The maximum atomic E-state index is 12.3. The van der Waals surface area contributed by atoms with Crippen molar-refractivity contribution in [1.82, 2.24) is 0 Å². The number of hydrogen-bond donors (Lipinski definition) is 1. The van der Waals surface area contributed by atoms with Crippen molar-refractivity contribution in [3.63, 3.8) is 0 Å². The normalized spacial score (nSPS) is 50.1. The summed E-state index contributed by atoms with van der Waals surface area (Å²) in [4.78, 5) is 12.3. The van der Waals surface area contributed by atoms with E-state index in [2.05, 4.69) is 20.4 Å². The van der Waals surface area contributed by atoms with Gasteiger partial charge in [0.25, 0.3) is 0 Å². The Morgan fingerprint density at radius 3 is 2.89 bits per heavy atom. The van der Waals surface area contributed by atoms with E-state index < -0.39 is 5.60 Å². The number of carbonyl (C=O) groups excluding carboxylic acids is 1. The van der Waals surface area contributed by atoms with Crippen LogP contribution >= 0.6 is 0 Å². The molecule has 1 saturated heterocycles. The zero-order valence-electron chi connectivity index (χ0n) is 11.2. The number of fused-ring (bicyclic) bond motifs is 3. The first-order valence-electron chi connectivity index (χ1n) is 6.62. The summed E-state index contributed by atoms with van der Waals surface area (Å²) in [7, 11) is 0. The fourth-order valence-corrected chi connectivity index (χ4v) is 3.83. The molecule has 3 aliphatic rings. The molecule has 0 radical (unpaired) electrons. The average Bonchev–Trinajstić information content (AvgIpc) is 3.06. The Balaban J connectivity index is 2.10. The zero-order valence-corrected chi connectivity index (χ0v) is 11.2. The molecule has 0 aromatic heterocycles. The van der Waals surface area contributed by atoms with Crippen LogP contribution in [0.5, 0.6) is 0 Å². The van der Waals surface area contributed by atoms with Gasteiger partial charge in [0.05, 0.1) is 6.10 Å². The zero-order chi connectivity index (χ0) is 13.3. The van der Waals surface area contributed by atoms with E-state index in [-0.39, 0.29) is 29.3 Å². The van der Waals surface area contributed by atoms with Crippen LogP contribution < -0.4 is 0 Å². The van der Waals surface area contributed by atoms with Crippen LogP contribution in [0.4, 0.5) is 0 Å². The molecule has 5 atom stereocenters. The minimum Gasteiger partial charge on any atom is -0.393 e. The fourth-order valence-electron chi connectivity index (χ4n) is 3.83. The standard InChI is InChI=1S/C15H20O3/c1-8(2)15-12(17)7-10-5-6-11(16)9(3)14(10,4)13(15)18-15/h7,9,11,13,16H,1,5-6H2,2-4H3/t9-,11-,13-,14+,15+/m0/s1. The summed E-state index contributed by atoms with van der Waals surface area (Å²) in [6.45, 7) is 9.94. The first-order chi connectivity index (χ1) is 8.35. The van der Waals surface area contributed by atoms with Crippen LogP contribution in [0.1, 0.15) is 33.6 Å². The molecular weight excluding hydrogens is 228 g/mol. The lowest BCUT2D eigenvalue weighted by molar-refractivity contribution is -0.118. The molecule has 0 aromatic carbocycles. The Bertz CT molecular complexity index is 478. The molecule has 0 amide bonds. The number of aliphatic hydroxyl groups excluding tert-OH is 1. The molecule has 1 saturated carbocycles. The average molecular weight is 248 g/mol. The van der Waals surface area contributed by atoms with E-state index in [0.717, 1.165) is 24.0 Å². The van der Waals surface area contributed by atoms with Crippen molar-refractivity contribution >= 4 is 5.78 Å². The number of ketones is 1. The van der Waals surface area contributed by atoms with Crippen LogP contribution in [0.25, 0.3) is 0 Å². The van der Waals surface area contributed by atoms with Crippen LogP contribution in [0, 0.1) is 11.3 Å². The first-order valence-corrected chi connectivity index (χ1v) is 6.62. The summed E-state index contributed by atoms with van der Waals surface area (Å²) in [5, 5.41) is 10.1. The Morgan fingerprint density at radius 2 is 2.28 bits per heavy atom. The van der Waals surface area contributed by atoms with Crippen LogP contribution in [0.15, 0.2) is 23.8 Å². The van der Waals surface area contributed by atoms with E-state index in [1.54, 1.807) is 6.08 Å². The highest BCUT2D eigenvalue weighted by molar-refractivity contribution is 6.04. The summed E-state index contributed by atoms with van der Waals surface area (Å²) in [5.74, 6) is 0.146. The number of epoxide rings is 1. The van der Waals surface area contributed by atoms with Gasteiger partial charge in [0, 0.05) is 5.41 Å². The van der Waals surface area contributed by atoms with Crippen molar-refractivity contribution in [1.29, 1.82) is 0 Å². The van der Waals surface area contributed by atoms with E-state index in [9.17, 15) is 9.90 Å². The molecular formula is C15H20O3. The van der Waals surface area contributed by atoms with Gasteiger partial charge in [-0.15, -0.1) is 0 Å². The molecule has 18 heavy (non-hydrogen) atoms. The van der Waals surface area contributed by atoms with Gasteiger partial charge in [0.2, 0.25) is 0 Å². The Kier molecular flexibility index (Phi) is 2.25. The Hall–Kier alpha value is -0.930. The second-order valence-corrected chi connectivity index (χ2v) is 6.23. The third-order valence-corrected chi connectivity index (χ3v) is 5.39. The minimum atomic E-state index is -0.802. The quantitative estimate of drug-likeness (QED) is 0.570. The molecule has 1 N–H and O–H groups in total. The van der Waals surface area contributed by atoms with Crippen molar-refractivity contribution in [2.24, 2.45) is 11.3 Å². The van der Waals surface area contributed by atoms with Gasteiger partial charge < -0.3 is 9.84 Å². The molecule has 2 aliphatic carbocycles. The molecule has 0 aromatic rings. The molecule has 0 unspecified atom stereocenters. The van der Waals surface area contributed by atoms with E-state index in [0.29, 0.717) is 0 Å². The topological polar surface area (TPSA) is 49.8 Å². The van der Waals surface area contributed by atoms with Crippen LogP contribution in [0.3, 0.4) is 0 Å². The molecule has 3 nitrogen and oxygen atoms in total. The number of aliphatic hydroxyl groups is 1. The number of carbonyl (C=O) groups is 1. The van der Waals surface area contributed by atoms with E-state index in [4.69, 9.17) is 4.74 Å². The van der Waals surface area contributed by atoms with Crippen molar-refractivity contribution in [3.8, 4) is 0 Å². The van der Waals surface area contributed by atoms with Crippen molar-refractivity contribution in [2.75, 3.05) is 0 Å². The fraction of sp³-hybridized carbons (Fsp3) is 0.667. The lowest BCUT2D eigenvalue weighted by Crippen LogP contribution is -2.50. The number of rotatable bonds is 1. The molecule has 98 valence electrons. The summed E-state index contributed by atoms with van der Waals surface area (Å²) in [6.07, 6.45) is 2.83. The smallest absolute Gasteiger partial charge is 0.194 e. The maximum absolute atomic E-state index is 12.3. The maximum Gasteiger partial charge on any atom is 0.194 e. The summed E-state index contributed by atoms with van der Waals surface area (Å²) in [5.41, 5.74) is 0.889. The lowest BCUT2D eigenvalue weighted by atomic mass is 9.57. The van der Waals surface area contributed by atoms with Crippen molar-refractivity contribution < 1.29 is 14.6 Å². The van der Waals surface area contributed by atoms with Crippen molar-refractivity contribution in [3.05, 3.63) is 23.8 Å². The highest BCUT2D eigenvalue weighted by Crippen LogP contribution is 2.63. The van der Waals surface area contributed by atoms with Gasteiger partial charge in [-0.05, 0) is 37.3 Å². The van der Waals surface area contributed by atoms with Gasteiger partial charge >= 0.3 is 0 Å². The van der Waals surface area contributed by atoms with Gasteiger partial charge in [-0.25, -0.2) is 0 Å². The summed E-state index contributed by atoms with van der Waals surface area (Å²) in [6, 6.07) is 0. The molecule has 3 heteroatoms. The largest absolute Gasteiger partial charge is 0.393 e. The molecule has 0 bridgehead atoms. The van der Waals surface area contributed by atoms with E-state index in [1.165, 1.54) is 0 Å². The van der Waals surface area contributed by atoms with E-state index >= 15 is 0 Å². The van der Waals surface area contributed by atoms with Gasteiger partial charge in [-0.2, -0.15) is 0 Å². The number of ether oxygens (including phenoxy) is 1.